The van der Waals surface area contributed by atoms with Gasteiger partial charge in [-0.3, -0.25) is 0 Å². The van der Waals surface area contributed by atoms with Crippen LogP contribution in [0.3, 0.4) is 0 Å². The zero-order valence-electron chi connectivity index (χ0n) is 14.4. The molecular weight excluding hydrogens is 372 g/mol. The number of aromatic nitrogens is 2. The fourth-order valence-corrected chi connectivity index (χ4v) is 2.84. The number of carbonyl (C=O) groups is 1. The van der Waals surface area contributed by atoms with E-state index in [1.54, 1.807) is 0 Å². The second-order valence-corrected chi connectivity index (χ2v) is 6.34. The summed E-state index contributed by atoms with van der Waals surface area (Å²) in [6, 6.07) is 10.7. The number of nitrogens with zero attached hydrogens (tertiary/aromatic N) is 2. The Morgan fingerprint density at radius 1 is 1.19 bits per heavy atom. The molecule has 2 aromatic carbocycles. The van der Waals surface area contributed by atoms with Crippen molar-refractivity contribution >= 4 is 17.6 Å². The summed E-state index contributed by atoms with van der Waals surface area (Å²) in [6.07, 6.45) is 0. The van der Waals surface area contributed by atoms with Crippen LogP contribution in [0.15, 0.2) is 40.9 Å². The number of hydrogen-bond donors (Lipinski definition) is 0. The van der Waals surface area contributed by atoms with E-state index in [0.29, 0.717) is 35.6 Å². The third kappa shape index (κ3) is 3.73. The zero-order valence-corrected chi connectivity index (χ0v) is 15.2. The van der Waals surface area contributed by atoms with Gasteiger partial charge in [-0.25, -0.2) is 4.79 Å². The smallest absolute Gasteiger partial charge is 0.338 e. The third-order valence-corrected chi connectivity index (χ3v) is 4.22. The van der Waals surface area contributed by atoms with E-state index in [9.17, 15) is 4.79 Å². The van der Waals surface area contributed by atoms with Crippen LogP contribution in [0.4, 0.5) is 0 Å². The van der Waals surface area contributed by atoms with Crippen molar-refractivity contribution in [1.29, 1.82) is 0 Å². The second kappa shape index (κ2) is 7.28. The molecule has 0 N–H and O–H groups in total. The topological polar surface area (TPSA) is 83.7 Å². The molecule has 2 heterocycles. The Bertz CT molecular complexity index is 984. The molecule has 0 saturated heterocycles. The van der Waals surface area contributed by atoms with Crippen molar-refractivity contribution in [3.63, 3.8) is 0 Å². The number of esters is 1. The molecule has 0 fully saturated rings. The second-order valence-electron chi connectivity index (χ2n) is 5.94. The minimum absolute atomic E-state index is 0.149. The lowest BCUT2D eigenvalue weighted by Gasteiger charge is -2.19. The van der Waals surface area contributed by atoms with Gasteiger partial charge in [-0.05, 0) is 19.1 Å². The molecule has 0 spiro atoms. The summed E-state index contributed by atoms with van der Waals surface area (Å²) in [5.41, 5.74) is 2.21. The highest BCUT2D eigenvalue weighted by Crippen LogP contribution is 2.38. The molecule has 4 rings (SSSR count). The highest BCUT2D eigenvalue weighted by atomic mass is 35.5. The van der Waals surface area contributed by atoms with E-state index in [2.05, 4.69) is 10.1 Å². The molecule has 0 atom stereocenters. The van der Waals surface area contributed by atoms with Gasteiger partial charge in [-0.15, -0.1) is 0 Å². The average Bonchev–Trinajstić information content (AvgIpc) is 3.15. The summed E-state index contributed by atoms with van der Waals surface area (Å²) in [6.45, 7) is 2.65. The van der Waals surface area contributed by atoms with Gasteiger partial charge in [0.2, 0.25) is 5.82 Å². The molecule has 0 radical (unpaired) electrons. The van der Waals surface area contributed by atoms with Gasteiger partial charge >= 0.3 is 5.97 Å². The Hall–Kier alpha value is -3.06. The Balaban J connectivity index is 1.44. The third-order valence-electron chi connectivity index (χ3n) is 3.94. The molecule has 3 aromatic rings. The average molecular weight is 387 g/mol. The van der Waals surface area contributed by atoms with Crippen LogP contribution in [-0.4, -0.2) is 29.3 Å². The summed E-state index contributed by atoms with van der Waals surface area (Å²) in [5.74, 6) is 0.897. The van der Waals surface area contributed by atoms with E-state index < -0.39 is 5.97 Å². The van der Waals surface area contributed by atoms with Gasteiger partial charge in [-0.2, -0.15) is 4.98 Å². The zero-order chi connectivity index (χ0) is 18.8. The number of fused-ring (bicyclic) bond motifs is 1. The predicted molar refractivity (Wildman–Crippen MR) is 96.0 cm³/mol. The van der Waals surface area contributed by atoms with Crippen molar-refractivity contribution in [1.82, 2.24) is 10.1 Å². The first kappa shape index (κ1) is 17.4. The molecule has 1 aromatic heterocycles. The summed E-state index contributed by atoms with van der Waals surface area (Å²) in [7, 11) is 0. The van der Waals surface area contributed by atoms with E-state index in [0.717, 1.165) is 11.1 Å². The van der Waals surface area contributed by atoms with E-state index in [1.165, 1.54) is 12.1 Å². The number of halogens is 1. The monoisotopic (exact) mass is 386 g/mol. The van der Waals surface area contributed by atoms with Gasteiger partial charge in [0.1, 0.15) is 13.2 Å². The first-order valence-electron chi connectivity index (χ1n) is 8.26. The normalized spacial score (nSPS) is 12.7. The number of aryl methyl sites for hydroxylation is 1. The van der Waals surface area contributed by atoms with E-state index in [1.807, 2.05) is 31.2 Å². The maximum Gasteiger partial charge on any atom is 0.338 e. The number of carbonyl (C=O) groups excluding carboxylic acids is 1. The predicted octanol–water partition coefficient (Wildman–Crippen LogP) is 3.83. The lowest BCUT2D eigenvalue weighted by Crippen LogP contribution is -2.16. The summed E-state index contributed by atoms with van der Waals surface area (Å²) < 4.78 is 21.3. The van der Waals surface area contributed by atoms with E-state index >= 15 is 0 Å². The lowest BCUT2D eigenvalue weighted by molar-refractivity contribution is 0.0429. The maximum absolute atomic E-state index is 12.3. The van der Waals surface area contributed by atoms with Gasteiger partial charge < -0.3 is 18.7 Å². The van der Waals surface area contributed by atoms with Crippen molar-refractivity contribution in [2.24, 2.45) is 0 Å². The van der Waals surface area contributed by atoms with Crippen LogP contribution in [0, 0.1) is 6.92 Å². The number of benzene rings is 2. The highest BCUT2D eigenvalue weighted by molar-refractivity contribution is 6.32. The summed E-state index contributed by atoms with van der Waals surface area (Å²) in [4.78, 5) is 16.5. The van der Waals surface area contributed by atoms with E-state index in [-0.39, 0.29) is 18.1 Å². The van der Waals surface area contributed by atoms with E-state index in [4.69, 9.17) is 30.3 Å². The fourth-order valence-electron chi connectivity index (χ4n) is 2.57. The Labute approximate surface area is 159 Å². The molecular formula is C19H15ClN2O5. The molecule has 138 valence electrons. The van der Waals surface area contributed by atoms with Crippen molar-refractivity contribution in [3.05, 3.63) is 58.4 Å². The van der Waals surface area contributed by atoms with Crippen LogP contribution in [0.1, 0.15) is 21.8 Å². The molecule has 27 heavy (non-hydrogen) atoms. The molecule has 0 bridgehead atoms. The fraction of sp³-hybridized carbons (Fsp3) is 0.211. The van der Waals surface area contributed by atoms with Crippen LogP contribution >= 0.6 is 11.6 Å². The van der Waals surface area contributed by atoms with Crippen molar-refractivity contribution in [2.45, 2.75) is 13.5 Å². The summed E-state index contributed by atoms with van der Waals surface area (Å²) >= 11 is 6.14. The molecule has 1 aliphatic rings. The molecule has 8 heteroatoms. The summed E-state index contributed by atoms with van der Waals surface area (Å²) in [5, 5.41) is 4.19. The molecule has 0 amide bonds. The van der Waals surface area contributed by atoms with Gasteiger partial charge in [0, 0.05) is 5.56 Å². The molecule has 0 unspecified atom stereocenters. The van der Waals surface area contributed by atoms with Crippen molar-refractivity contribution in [2.75, 3.05) is 13.2 Å². The largest absolute Gasteiger partial charge is 0.486 e. The van der Waals surface area contributed by atoms with Crippen LogP contribution in [0.5, 0.6) is 11.5 Å². The van der Waals surface area contributed by atoms with Crippen molar-refractivity contribution < 1.29 is 23.5 Å². The standard InChI is InChI=1S/C19H15ClN2O5/c1-11-2-4-12(5-3-11)18-21-16(27-22-18)10-26-19(23)13-8-14(20)17-15(9-13)24-6-7-25-17/h2-5,8-9H,6-7,10H2,1H3. The molecule has 7 nitrogen and oxygen atoms in total. The Kier molecular flexibility index (Phi) is 4.68. The SMILES string of the molecule is Cc1ccc(-c2noc(COC(=O)c3cc(Cl)c4c(c3)OCCO4)n2)cc1. The Morgan fingerprint density at radius 3 is 2.78 bits per heavy atom. The quantitative estimate of drug-likeness (QED) is 0.630. The first-order valence-corrected chi connectivity index (χ1v) is 8.64. The molecule has 0 saturated carbocycles. The number of rotatable bonds is 4. The lowest BCUT2D eigenvalue weighted by atomic mass is 10.1. The van der Waals surface area contributed by atoms with Gasteiger partial charge in [0.05, 0.1) is 10.6 Å². The first-order chi connectivity index (χ1) is 13.1. The highest BCUT2D eigenvalue weighted by Gasteiger charge is 2.20. The minimum atomic E-state index is -0.580. The molecule has 0 aliphatic carbocycles. The van der Waals surface area contributed by atoms with Gasteiger partial charge in [0.25, 0.3) is 5.89 Å². The molecule has 1 aliphatic heterocycles. The van der Waals surface area contributed by atoms with Crippen molar-refractivity contribution in [3.8, 4) is 22.9 Å². The van der Waals surface area contributed by atoms with Crippen LogP contribution in [-0.2, 0) is 11.3 Å². The van der Waals surface area contributed by atoms with Crippen LogP contribution in [0.2, 0.25) is 5.02 Å². The Morgan fingerprint density at radius 2 is 1.96 bits per heavy atom. The maximum atomic E-state index is 12.3. The van der Waals surface area contributed by atoms with Gasteiger partial charge in [-0.1, -0.05) is 46.6 Å². The number of hydrogen-bond acceptors (Lipinski definition) is 7. The minimum Gasteiger partial charge on any atom is -0.486 e. The number of ether oxygens (including phenoxy) is 3. The van der Waals surface area contributed by atoms with Gasteiger partial charge in [0.15, 0.2) is 18.1 Å². The van der Waals surface area contributed by atoms with Crippen LogP contribution in [0.25, 0.3) is 11.4 Å². The van der Waals surface area contributed by atoms with Crippen LogP contribution < -0.4 is 9.47 Å².